The molecule has 34 heavy (non-hydrogen) atoms. The minimum Gasteiger partial charge on any atom is -0.488 e. The number of anilines is 2. The summed E-state index contributed by atoms with van der Waals surface area (Å²) >= 11 is 0. The zero-order valence-corrected chi connectivity index (χ0v) is 18.5. The van der Waals surface area contributed by atoms with Crippen molar-refractivity contribution in [2.45, 2.75) is 6.92 Å². The number of ether oxygens (including phenoxy) is 2. The topological polar surface area (TPSA) is 154 Å². The van der Waals surface area contributed by atoms with Crippen LogP contribution in [0.4, 0.5) is 11.4 Å². The van der Waals surface area contributed by atoms with E-state index in [1.54, 1.807) is 48.5 Å². The Hall–Kier alpha value is -4.28. The zero-order valence-electron chi connectivity index (χ0n) is 18.5. The fourth-order valence-electron chi connectivity index (χ4n) is 3.20. The van der Waals surface area contributed by atoms with Crippen LogP contribution in [0.5, 0.6) is 11.5 Å². The molecule has 2 aromatic rings. The molecular weight excluding hydrogens is 448 g/mol. The van der Waals surface area contributed by atoms with Crippen molar-refractivity contribution < 1.29 is 44.0 Å². The summed E-state index contributed by atoms with van der Waals surface area (Å²) in [4.78, 5) is 47.7. The molecule has 11 nitrogen and oxygen atoms in total. The molecule has 0 aliphatic carbocycles. The molecule has 0 saturated carbocycles. The first-order chi connectivity index (χ1) is 16.2. The number of aliphatic carboxylic acids is 3. The molecule has 2 aromatic carbocycles. The molecule has 0 fully saturated rings. The van der Waals surface area contributed by atoms with Crippen LogP contribution < -0.4 is 19.3 Å². The Balaban J connectivity index is 2.10. The number of carboxylic acid groups (broad SMARTS) is 3. The lowest BCUT2D eigenvalue weighted by atomic mass is 10.2. The van der Waals surface area contributed by atoms with Gasteiger partial charge in [0.25, 0.3) is 0 Å². The number of carbonyl (C=O) groups excluding carboxylic acids is 1. The van der Waals surface area contributed by atoms with E-state index in [-0.39, 0.29) is 37.8 Å². The summed E-state index contributed by atoms with van der Waals surface area (Å²) in [6.07, 6.45) is 0. The highest BCUT2D eigenvalue weighted by Crippen LogP contribution is 2.29. The highest BCUT2D eigenvalue weighted by molar-refractivity contribution is 5.85. The average molecular weight is 474 g/mol. The van der Waals surface area contributed by atoms with Crippen molar-refractivity contribution in [1.82, 2.24) is 0 Å². The third-order valence-corrected chi connectivity index (χ3v) is 4.40. The van der Waals surface area contributed by atoms with Gasteiger partial charge in [-0.3, -0.25) is 19.2 Å². The first kappa shape index (κ1) is 26.0. The average Bonchev–Trinajstić information content (AvgIpc) is 2.75. The highest BCUT2D eigenvalue weighted by atomic mass is 16.5. The van der Waals surface area contributed by atoms with E-state index in [0.717, 1.165) is 0 Å². The van der Waals surface area contributed by atoms with E-state index < -0.39 is 31.0 Å². The van der Waals surface area contributed by atoms with Gasteiger partial charge in [0.05, 0.1) is 17.9 Å². The van der Waals surface area contributed by atoms with Crippen LogP contribution in [0.15, 0.2) is 48.5 Å². The van der Waals surface area contributed by atoms with E-state index in [2.05, 4.69) is 0 Å². The molecule has 2 rings (SSSR count). The van der Waals surface area contributed by atoms with Gasteiger partial charge in [-0.25, -0.2) is 0 Å². The Morgan fingerprint density at radius 1 is 0.647 bits per heavy atom. The second kappa shape index (κ2) is 12.7. The Morgan fingerprint density at radius 2 is 1.00 bits per heavy atom. The Kier molecular flexibility index (Phi) is 9.69. The Labute approximate surface area is 195 Å². The van der Waals surface area contributed by atoms with Crippen LogP contribution in [-0.4, -0.2) is 78.4 Å². The van der Waals surface area contributed by atoms with Gasteiger partial charge in [0.2, 0.25) is 0 Å². The summed E-state index contributed by atoms with van der Waals surface area (Å²) in [6, 6.07) is 13.1. The second-order valence-corrected chi connectivity index (χ2v) is 7.23. The van der Waals surface area contributed by atoms with Gasteiger partial charge in [-0.05, 0) is 31.2 Å². The van der Waals surface area contributed by atoms with Gasteiger partial charge in [-0.15, -0.1) is 0 Å². The van der Waals surface area contributed by atoms with Crippen LogP contribution in [0, 0.1) is 0 Å². The fraction of sp³-hybridized carbons (Fsp3) is 0.304. The van der Waals surface area contributed by atoms with Gasteiger partial charge < -0.3 is 34.6 Å². The minimum absolute atomic E-state index is 0.0327. The fourth-order valence-corrected chi connectivity index (χ4v) is 3.20. The smallest absolute Gasteiger partial charge is 0.323 e. The summed E-state index contributed by atoms with van der Waals surface area (Å²) < 4.78 is 11.5. The lowest BCUT2D eigenvalue weighted by molar-refractivity contribution is -0.137. The van der Waals surface area contributed by atoms with Gasteiger partial charge in [-0.1, -0.05) is 24.3 Å². The SMILES string of the molecule is CC(=O)CN(CC(=O)O)c1ccccc1OCCOc1ccccc1N(CC(=O)O)CC(=O)O. The standard InChI is InChI=1S/C23H26N2O9/c1-16(26)12-24(13-21(27)28)17-6-2-4-8-19(17)33-10-11-34-20-9-5-3-7-18(20)25(14-22(29)30)15-23(31)32/h2-9H,10-15H2,1H3,(H,27,28)(H,29,30)(H,31,32). The van der Waals surface area contributed by atoms with E-state index >= 15 is 0 Å². The largest absolute Gasteiger partial charge is 0.488 e. The number of benzene rings is 2. The quantitative estimate of drug-likeness (QED) is 0.322. The Morgan fingerprint density at radius 3 is 1.35 bits per heavy atom. The van der Waals surface area contributed by atoms with Crippen molar-refractivity contribution in [2.24, 2.45) is 0 Å². The van der Waals surface area contributed by atoms with Crippen molar-refractivity contribution in [3.8, 4) is 11.5 Å². The maximum absolute atomic E-state index is 11.6. The summed E-state index contributed by atoms with van der Waals surface area (Å²) in [6.45, 7) is -0.0820. The molecule has 0 amide bonds. The molecule has 0 atom stereocenters. The van der Waals surface area contributed by atoms with E-state index in [1.807, 2.05) is 0 Å². The normalized spacial score (nSPS) is 10.3. The second-order valence-electron chi connectivity index (χ2n) is 7.23. The van der Waals surface area contributed by atoms with E-state index in [4.69, 9.17) is 19.7 Å². The van der Waals surface area contributed by atoms with Crippen molar-refractivity contribution in [2.75, 3.05) is 49.2 Å². The van der Waals surface area contributed by atoms with Crippen LogP contribution in [0.3, 0.4) is 0 Å². The van der Waals surface area contributed by atoms with E-state index in [9.17, 15) is 24.3 Å². The van der Waals surface area contributed by atoms with Gasteiger partial charge in [0.15, 0.2) is 0 Å². The monoisotopic (exact) mass is 474 g/mol. The van der Waals surface area contributed by atoms with Gasteiger partial charge in [0.1, 0.15) is 50.1 Å². The predicted octanol–water partition coefficient (Wildman–Crippen LogP) is 1.60. The molecule has 0 bridgehead atoms. The van der Waals surface area contributed by atoms with Crippen molar-refractivity contribution in [3.63, 3.8) is 0 Å². The van der Waals surface area contributed by atoms with Gasteiger partial charge in [-0.2, -0.15) is 0 Å². The van der Waals surface area contributed by atoms with Crippen LogP contribution in [0.25, 0.3) is 0 Å². The molecule has 182 valence electrons. The van der Waals surface area contributed by atoms with Crippen LogP contribution in [0.1, 0.15) is 6.92 Å². The number of hydrogen-bond acceptors (Lipinski definition) is 8. The number of nitrogens with zero attached hydrogens (tertiary/aromatic N) is 2. The molecule has 0 heterocycles. The zero-order chi connectivity index (χ0) is 25.1. The third-order valence-electron chi connectivity index (χ3n) is 4.40. The molecule has 3 N–H and O–H groups in total. The number of ketones is 1. The molecular formula is C23H26N2O9. The van der Waals surface area contributed by atoms with E-state index in [1.165, 1.54) is 16.7 Å². The van der Waals surface area contributed by atoms with Crippen LogP contribution >= 0.6 is 0 Å². The molecule has 11 heteroatoms. The number of rotatable bonds is 15. The molecule has 0 aliphatic heterocycles. The van der Waals surface area contributed by atoms with Crippen LogP contribution in [-0.2, 0) is 19.2 Å². The maximum atomic E-state index is 11.6. The van der Waals surface area contributed by atoms with Gasteiger partial charge >= 0.3 is 17.9 Å². The number of hydrogen-bond donors (Lipinski definition) is 3. The van der Waals surface area contributed by atoms with Gasteiger partial charge in [0, 0.05) is 0 Å². The molecule has 0 aromatic heterocycles. The maximum Gasteiger partial charge on any atom is 0.323 e. The molecule has 0 radical (unpaired) electrons. The molecule has 0 aliphatic rings. The highest BCUT2D eigenvalue weighted by Gasteiger charge is 2.19. The first-order valence-electron chi connectivity index (χ1n) is 10.3. The van der Waals surface area contributed by atoms with E-state index in [0.29, 0.717) is 17.1 Å². The predicted molar refractivity (Wildman–Crippen MR) is 122 cm³/mol. The van der Waals surface area contributed by atoms with Crippen molar-refractivity contribution in [1.29, 1.82) is 0 Å². The third kappa shape index (κ3) is 8.34. The minimum atomic E-state index is -1.19. The number of para-hydroxylation sites is 4. The molecule has 0 unspecified atom stereocenters. The number of carboxylic acids is 3. The molecule has 0 saturated heterocycles. The lowest BCUT2D eigenvalue weighted by Gasteiger charge is -2.25. The first-order valence-corrected chi connectivity index (χ1v) is 10.3. The lowest BCUT2D eigenvalue weighted by Crippen LogP contribution is -2.34. The number of carbonyl (C=O) groups is 4. The van der Waals surface area contributed by atoms with Crippen LogP contribution in [0.2, 0.25) is 0 Å². The summed E-state index contributed by atoms with van der Waals surface area (Å²) in [5, 5.41) is 27.4. The molecule has 0 spiro atoms. The number of Topliss-reactive ketones (excluding diaryl/α,β-unsaturated/α-hetero) is 1. The summed E-state index contributed by atoms with van der Waals surface area (Å²) in [5.41, 5.74) is 0.747. The summed E-state index contributed by atoms with van der Waals surface area (Å²) in [5.74, 6) is -3.03. The van der Waals surface area contributed by atoms with Crippen molar-refractivity contribution in [3.05, 3.63) is 48.5 Å². The van der Waals surface area contributed by atoms with Crippen molar-refractivity contribution >= 4 is 35.1 Å². The Bertz CT molecular complexity index is 912. The summed E-state index contributed by atoms with van der Waals surface area (Å²) in [7, 11) is 0.